The Morgan fingerprint density at radius 2 is 1.77 bits per heavy atom. The number of hydrogen-bond acceptors (Lipinski definition) is 4. The molecule has 0 radical (unpaired) electrons. The highest BCUT2D eigenvalue weighted by molar-refractivity contribution is 14.1. The van der Waals surface area contributed by atoms with Gasteiger partial charge in [0, 0.05) is 29.3 Å². The predicted octanol–water partition coefficient (Wildman–Crippen LogP) is 4.52. The molecule has 1 heterocycles. The fourth-order valence-electron chi connectivity index (χ4n) is 2.98. The summed E-state index contributed by atoms with van der Waals surface area (Å²) < 4.78 is 29.5. The first kappa shape index (κ1) is 19.9. The molecule has 0 spiro atoms. The quantitative estimate of drug-likeness (QED) is 0.316. The summed E-state index contributed by atoms with van der Waals surface area (Å²) in [7, 11) is -3.64. The van der Waals surface area contributed by atoms with Crippen molar-refractivity contribution in [1.29, 1.82) is 0 Å². The van der Waals surface area contributed by atoms with Gasteiger partial charge >= 0.3 is 0 Å². The van der Waals surface area contributed by atoms with Gasteiger partial charge in [-0.15, -0.1) is 0 Å². The number of anilines is 2. The molecule has 0 unspecified atom stereocenters. The minimum Gasteiger partial charge on any atom is -0.382 e. The molecule has 5 nitrogen and oxygen atoms in total. The predicted molar refractivity (Wildman–Crippen MR) is 118 cm³/mol. The fourth-order valence-corrected chi connectivity index (χ4v) is 5.71. The molecule has 0 bridgehead atoms. The Morgan fingerprint density at radius 1 is 1.08 bits per heavy atom. The zero-order valence-electron chi connectivity index (χ0n) is 14.2. The summed E-state index contributed by atoms with van der Waals surface area (Å²) in [5.41, 5.74) is 1.49. The maximum Gasteiger partial charge on any atom is 0.263 e. The van der Waals surface area contributed by atoms with Crippen molar-refractivity contribution in [2.45, 2.75) is 23.8 Å². The van der Waals surface area contributed by atoms with Gasteiger partial charge in [0.05, 0.1) is 10.2 Å². The molecule has 1 fully saturated rings. The number of alkyl halides is 1. The van der Waals surface area contributed by atoms with Gasteiger partial charge in [0.2, 0.25) is 0 Å². The zero-order valence-corrected chi connectivity index (χ0v) is 18.7. The van der Waals surface area contributed by atoms with Crippen LogP contribution in [0.25, 0.3) is 0 Å². The summed E-state index contributed by atoms with van der Waals surface area (Å²) >= 11 is 5.70. The van der Waals surface area contributed by atoms with Crippen molar-refractivity contribution < 1.29 is 8.42 Å². The molecule has 2 aromatic carbocycles. The molecule has 140 valence electrons. The number of nitrogens with zero attached hydrogens (tertiary/aromatic N) is 1. The summed E-state index contributed by atoms with van der Waals surface area (Å²) in [6.07, 6.45) is 2.19. The lowest BCUT2D eigenvalue weighted by molar-refractivity contribution is 0.259. The molecule has 1 aliphatic heterocycles. The van der Waals surface area contributed by atoms with Gasteiger partial charge in [-0.05, 0) is 59.1 Å². The second kappa shape index (κ2) is 8.90. The molecule has 8 heteroatoms. The van der Waals surface area contributed by atoms with Crippen molar-refractivity contribution in [3.8, 4) is 0 Å². The van der Waals surface area contributed by atoms with Crippen molar-refractivity contribution in [1.82, 2.24) is 4.90 Å². The van der Waals surface area contributed by atoms with Gasteiger partial charge < -0.3 is 5.32 Å². The number of sulfonamides is 1. The van der Waals surface area contributed by atoms with E-state index in [0.29, 0.717) is 16.2 Å². The number of nitrogens with one attached hydrogen (secondary N) is 2. The van der Waals surface area contributed by atoms with Crippen molar-refractivity contribution >= 4 is 59.9 Å². The van der Waals surface area contributed by atoms with E-state index in [9.17, 15) is 8.42 Å². The molecule has 0 atom stereocenters. The zero-order chi connectivity index (χ0) is 18.6. The van der Waals surface area contributed by atoms with E-state index in [1.807, 2.05) is 18.2 Å². The van der Waals surface area contributed by atoms with Crippen molar-refractivity contribution in [3.05, 3.63) is 53.0 Å². The highest BCUT2D eigenvalue weighted by Gasteiger charge is 2.19. The number of piperidine rings is 1. The molecule has 0 amide bonds. The second-order valence-corrected chi connectivity index (χ2v) is 9.46. The van der Waals surface area contributed by atoms with Crippen LogP contribution < -0.4 is 10.0 Å². The van der Waals surface area contributed by atoms with Gasteiger partial charge in [0.25, 0.3) is 10.0 Å². The molecule has 2 N–H and O–H groups in total. The van der Waals surface area contributed by atoms with Crippen molar-refractivity contribution in [2.75, 3.05) is 27.7 Å². The van der Waals surface area contributed by atoms with Crippen LogP contribution in [0.2, 0.25) is 0 Å². The number of benzene rings is 2. The number of likely N-dealkylation sites (tertiary alicyclic amines) is 1. The summed E-state index contributed by atoms with van der Waals surface area (Å²) in [5.74, 6) is 0. The van der Waals surface area contributed by atoms with Crippen LogP contribution in [0.1, 0.15) is 12.8 Å². The van der Waals surface area contributed by atoms with E-state index in [1.165, 1.54) is 0 Å². The molecular formula is C18H21BrIN3O2S. The van der Waals surface area contributed by atoms with Gasteiger partial charge in [0.1, 0.15) is 4.90 Å². The van der Waals surface area contributed by atoms with E-state index < -0.39 is 10.0 Å². The van der Waals surface area contributed by atoms with Crippen molar-refractivity contribution in [2.24, 2.45) is 0 Å². The van der Waals surface area contributed by atoms with Crippen LogP contribution in [0.4, 0.5) is 11.4 Å². The Bertz CT molecular complexity index is 855. The largest absolute Gasteiger partial charge is 0.382 e. The normalized spacial score (nSPS) is 16.4. The van der Waals surface area contributed by atoms with Crippen LogP contribution in [0.5, 0.6) is 0 Å². The van der Waals surface area contributed by atoms with Crippen LogP contribution in [0.15, 0.2) is 57.9 Å². The van der Waals surface area contributed by atoms with Crippen LogP contribution in [-0.2, 0) is 10.0 Å². The molecule has 2 aromatic rings. The lowest BCUT2D eigenvalue weighted by Gasteiger charge is -2.31. The lowest BCUT2D eigenvalue weighted by atomic mass is 10.1. The third kappa shape index (κ3) is 5.11. The third-order valence-corrected chi connectivity index (χ3v) is 7.73. The minimum absolute atomic E-state index is 0.226. The lowest BCUT2D eigenvalue weighted by Crippen LogP contribution is -2.38. The standard InChI is InChI=1S/C18H21BrIN3O2S/c19-17-6-1-2-7-18(17)26(24,25)22-16-5-3-4-15(12-16)21-14-8-10-23(13-20)11-9-14/h1-7,12,14,21-22H,8-11,13H2. The number of hydrogen-bond donors (Lipinski definition) is 2. The Balaban J connectivity index is 1.69. The molecule has 26 heavy (non-hydrogen) atoms. The highest BCUT2D eigenvalue weighted by atomic mass is 127. The molecule has 1 aliphatic rings. The number of halogens is 2. The second-order valence-electron chi connectivity index (χ2n) is 6.27. The van der Waals surface area contributed by atoms with Crippen LogP contribution >= 0.6 is 38.5 Å². The van der Waals surface area contributed by atoms with E-state index >= 15 is 0 Å². The number of rotatable bonds is 6. The SMILES string of the molecule is O=S(=O)(Nc1cccc(NC2CCN(CI)CC2)c1)c1ccccc1Br. The van der Waals surface area contributed by atoms with E-state index in [-0.39, 0.29) is 4.90 Å². The fraction of sp³-hybridized carbons (Fsp3) is 0.333. The summed E-state index contributed by atoms with van der Waals surface area (Å²) in [6.45, 7) is 2.18. The maximum absolute atomic E-state index is 12.6. The van der Waals surface area contributed by atoms with Crippen LogP contribution in [0, 0.1) is 0 Å². The van der Waals surface area contributed by atoms with Gasteiger partial charge in [-0.2, -0.15) is 0 Å². The molecule has 3 rings (SSSR count). The highest BCUT2D eigenvalue weighted by Crippen LogP contribution is 2.25. The first-order valence-corrected chi connectivity index (χ1v) is 12.2. The monoisotopic (exact) mass is 549 g/mol. The van der Waals surface area contributed by atoms with E-state index in [2.05, 4.69) is 53.5 Å². The van der Waals surface area contributed by atoms with Crippen molar-refractivity contribution in [3.63, 3.8) is 0 Å². The Labute approximate surface area is 176 Å². The first-order valence-electron chi connectivity index (χ1n) is 8.40. The smallest absolute Gasteiger partial charge is 0.263 e. The summed E-state index contributed by atoms with van der Waals surface area (Å²) in [6, 6.07) is 14.7. The van der Waals surface area contributed by atoms with Crippen LogP contribution in [0.3, 0.4) is 0 Å². The van der Waals surface area contributed by atoms with Gasteiger partial charge in [-0.3, -0.25) is 9.62 Å². The Morgan fingerprint density at radius 3 is 2.46 bits per heavy atom. The van der Waals surface area contributed by atoms with E-state index in [0.717, 1.165) is 36.2 Å². The first-order chi connectivity index (χ1) is 12.5. The minimum atomic E-state index is -3.64. The van der Waals surface area contributed by atoms with E-state index in [4.69, 9.17) is 0 Å². The third-order valence-electron chi connectivity index (χ3n) is 4.37. The summed E-state index contributed by atoms with van der Waals surface area (Å²) in [4.78, 5) is 2.66. The molecule has 1 saturated heterocycles. The summed E-state index contributed by atoms with van der Waals surface area (Å²) in [5, 5.41) is 3.53. The van der Waals surface area contributed by atoms with Gasteiger partial charge in [-0.1, -0.05) is 40.8 Å². The maximum atomic E-state index is 12.6. The topological polar surface area (TPSA) is 61.4 Å². The molecule has 0 saturated carbocycles. The van der Waals surface area contributed by atoms with Gasteiger partial charge in [-0.25, -0.2) is 8.42 Å². The Kier molecular flexibility index (Phi) is 6.81. The molecule has 0 aromatic heterocycles. The van der Waals surface area contributed by atoms with E-state index in [1.54, 1.807) is 30.3 Å². The average Bonchev–Trinajstić information content (AvgIpc) is 2.62. The average molecular weight is 550 g/mol. The molecule has 0 aliphatic carbocycles. The van der Waals surface area contributed by atoms with Crippen LogP contribution in [-0.4, -0.2) is 37.0 Å². The molecular weight excluding hydrogens is 529 g/mol. The Hall–Kier alpha value is -0.840. The van der Waals surface area contributed by atoms with Gasteiger partial charge in [0.15, 0.2) is 0 Å².